The van der Waals surface area contributed by atoms with E-state index in [4.69, 9.17) is 17.3 Å². The average molecular weight is 241 g/mol. The van der Waals surface area contributed by atoms with Crippen LogP contribution in [0.15, 0.2) is 24.3 Å². The zero-order valence-corrected chi connectivity index (χ0v) is 10.5. The molecule has 0 radical (unpaired) electrons. The Balaban J connectivity index is 2.85. The number of likely N-dealkylation sites (N-methyl/N-ethyl adjacent to an activating group) is 1. The van der Waals surface area contributed by atoms with E-state index in [0.29, 0.717) is 5.02 Å². The molecular formula is C12H17ClN2O. The van der Waals surface area contributed by atoms with E-state index in [1.54, 1.807) is 18.9 Å². The summed E-state index contributed by atoms with van der Waals surface area (Å²) in [5.41, 5.74) is 6.57. The molecule has 1 amide bonds. The van der Waals surface area contributed by atoms with Gasteiger partial charge in [0.05, 0.1) is 12.1 Å². The van der Waals surface area contributed by atoms with E-state index in [1.807, 2.05) is 31.2 Å². The van der Waals surface area contributed by atoms with Crippen molar-refractivity contribution in [1.29, 1.82) is 0 Å². The highest BCUT2D eigenvalue weighted by Gasteiger charge is 2.19. The number of carbonyl (C=O) groups is 1. The monoisotopic (exact) mass is 240 g/mol. The van der Waals surface area contributed by atoms with Gasteiger partial charge in [-0.15, -0.1) is 0 Å². The Morgan fingerprint density at radius 1 is 1.44 bits per heavy atom. The van der Waals surface area contributed by atoms with E-state index in [0.717, 1.165) is 5.56 Å². The van der Waals surface area contributed by atoms with Gasteiger partial charge in [-0.1, -0.05) is 23.7 Å². The first kappa shape index (κ1) is 13.0. The Morgan fingerprint density at radius 2 is 2.06 bits per heavy atom. The summed E-state index contributed by atoms with van der Waals surface area (Å²) >= 11 is 5.91. The fourth-order valence-electron chi connectivity index (χ4n) is 1.50. The number of nitrogens with two attached hydrogens (primary N) is 1. The summed E-state index contributed by atoms with van der Waals surface area (Å²) in [7, 11) is 1.75. The fraction of sp³-hybridized carbons (Fsp3) is 0.417. The van der Waals surface area contributed by atoms with Crippen molar-refractivity contribution in [2.45, 2.75) is 25.9 Å². The van der Waals surface area contributed by atoms with Crippen LogP contribution in [0.1, 0.15) is 25.5 Å². The van der Waals surface area contributed by atoms with Gasteiger partial charge >= 0.3 is 0 Å². The molecule has 88 valence electrons. The highest BCUT2D eigenvalue weighted by Crippen LogP contribution is 2.22. The zero-order chi connectivity index (χ0) is 12.3. The maximum absolute atomic E-state index is 11.7. The standard InChI is InChI=1S/C12H17ClN2O/c1-8(14)12(16)15(3)9(2)10-5-4-6-11(13)7-10/h4-9H,14H2,1-3H3/t8-,9+/m0/s1. The number of rotatable bonds is 3. The van der Waals surface area contributed by atoms with E-state index >= 15 is 0 Å². The number of hydrogen-bond acceptors (Lipinski definition) is 2. The van der Waals surface area contributed by atoms with Gasteiger partial charge in [-0.3, -0.25) is 4.79 Å². The van der Waals surface area contributed by atoms with E-state index < -0.39 is 6.04 Å². The van der Waals surface area contributed by atoms with Gasteiger partial charge in [0.25, 0.3) is 0 Å². The van der Waals surface area contributed by atoms with Gasteiger partial charge < -0.3 is 10.6 Å². The summed E-state index contributed by atoms with van der Waals surface area (Å²) in [5, 5.41) is 0.672. The maximum Gasteiger partial charge on any atom is 0.239 e. The number of carbonyl (C=O) groups excluding carboxylic acids is 1. The molecule has 0 aliphatic carbocycles. The van der Waals surface area contributed by atoms with Crippen LogP contribution < -0.4 is 5.73 Å². The molecule has 0 aromatic heterocycles. The zero-order valence-electron chi connectivity index (χ0n) is 9.77. The molecule has 0 heterocycles. The maximum atomic E-state index is 11.7. The van der Waals surface area contributed by atoms with E-state index in [2.05, 4.69) is 0 Å². The van der Waals surface area contributed by atoms with Crippen LogP contribution in [-0.2, 0) is 4.79 Å². The second-order valence-electron chi connectivity index (χ2n) is 3.97. The molecular weight excluding hydrogens is 224 g/mol. The lowest BCUT2D eigenvalue weighted by Crippen LogP contribution is -2.40. The van der Waals surface area contributed by atoms with Crippen molar-refractivity contribution in [1.82, 2.24) is 4.90 Å². The van der Waals surface area contributed by atoms with Crippen LogP contribution in [0.3, 0.4) is 0 Å². The van der Waals surface area contributed by atoms with Crippen molar-refractivity contribution in [2.24, 2.45) is 5.73 Å². The minimum Gasteiger partial charge on any atom is -0.338 e. The van der Waals surface area contributed by atoms with Crippen molar-refractivity contribution < 1.29 is 4.79 Å². The predicted molar refractivity (Wildman–Crippen MR) is 66.3 cm³/mol. The topological polar surface area (TPSA) is 46.3 Å². The second-order valence-corrected chi connectivity index (χ2v) is 4.41. The second kappa shape index (κ2) is 5.32. The molecule has 1 aromatic rings. The molecule has 2 atom stereocenters. The van der Waals surface area contributed by atoms with Crippen molar-refractivity contribution in [3.05, 3.63) is 34.9 Å². The van der Waals surface area contributed by atoms with Crippen LogP contribution in [0.4, 0.5) is 0 Å². The Bertz CT molecular complexity index is 379. The third-order valence-corrected chi connectivity index (χ3v) is 2.88. The van der Waals surface area contributed by atoms with Crippen LogP contribution in [0, 0.1) is 0 Å². The number of halogens is 1. The first-order valence-electron chi connectivity index (χ1n) is 5.21. The lowest BCUT2D eigenvalue weighted by Gasteiger charge is -2.27. The molecule has 2 N–H and O–H groups in total. The van der Waals surface area contributed by atoms with Crippen molar-refractivity contribution in [2.75, 3.05) is 7.05 Å². The summed E-state index contributed by atoms with van der Waals surface area (Å²) in [4.78, 5) is 13.3. The van der Waals surface area contributed by atoms with E-state index in [-0.39, 0.29) is 11.9 Å². The van der Waals surface area contributed by atoms with Gasteiger partial charge in [0.2, 0.25) is 5.91 Å². The number of nitrogens with zero attached hydrogens (tertiary/aromatic N) is 1. The van der Waals surface area contributed by atoms with Crippen molar-refractivity contribution in [3.63, 3.8) is 0 Å². The summed E-state index contributed by atoms with van der Waals surface area (Å²) in [5.74, 6) is -0.0764. The molecule has 0 spiro atoms. The smallest absolute Gasteiger partial charge is 0.239 e. The molecule has 3 nitrogen and oxygen atoms in total. The first-order valence-corrected chi connectivity index (χ1v) is 5.59. The minimum absolute atomic E-state index is 0.0304. The number of hydrogen-bond donors (Lipinski definition) is 1. The molecule has 0 saturated heterocycles. The molecule has 0 aliphatic heterocycles. The van der Waals surface area contributed by atoms with Crippen LogP contribution in [0.5, 0.6) is 0 Å². The lowest BCUT2D eigenvalue weighted by molar-refractivity contribution is -0.132. The molecule has 0 bridgehead atoms. The fourth-order valence-corrected chi connectivity index (χ4v) is 1.70. The van der Waals surface area contributed by atoms with E-state index in [1.165, 1.54) is 0 Å². The van der Waals surface area contributed by atoms with E-state index in [9.17, 15) is 4.79 Å². The summed E-state index contributed by atoms with van der Waals surface area (Å²) in [6.45, 7) is 3.63. The Kier molecular flexibility index (Phi) is 4.33. The summed E-state index contributed by atoms with van der Waals surface area (Å²) < 4.78 is 0. The minimum atomic E-state index is -0.480. The number of benzene rings is 1. The van der Waals surface area contributed by atoms with Crippen LogP contribution in [0.2, 0.25) is 5.02 Å². The van der Waals surface area contributed by atoms with Crippen LogP contribution in [0.25, 0.3) is 0 Å². The van der Waals surface area contributed by atoms with Gasteiger partial charge in [0.15, 0.2) is 0 Å². The molecule has 0 fully saturated rings. The molecule has 1 rings (SSSR count). The molecule has 0 aliphatic rings. The lowest BCUT2D eigenvalue weighted by atomic mass is 10.1. The molecule has 4 heteroatoms. The normalized spacial score (nSPS) is 14.3. The van der Waals surface area contributed by atoms with Crippen LogP contribution in [-0.4, -0.2) is 23.9 Å². The third-order valence-electron chi connectivity index (χ3n) is 2.65. The summed E-state index contributed by atoms with van der Waals surface area (Å²) in [6.07, 6.45) is 0. The van der Waals surface area contributed by atoms with Crippen molar-refractivity contribution >= 4 is 17.5 Å². The quantitative estimate of drug-likeness (QED) is 0.881. The molecule has 16 heavy (non-hydrogen) atoms. The predicted octanol–water partition coefficient (Wildman–Crippen LogP) is 2.21. The molecule has 0 saturated carbocycles. The Morgan fingerprint density at radius 3 is 2.56 bits per heavy atom. The molecule has 0 unspecified atom stereocenters. The Labute approximate surface area is 101 Å². The van der Waals surface area contributed by atoms with Crippen LogP contribution >= 0.6 is 11.6 Å². The third kappa shape index (κ3) is 2.97. The Hall–Kier alpha value is -1.06. The average Bonchev–Trinajstić information content (AvgIpc) is 2.26. The van der Waals surface area contributed by atoms with Gasteiger partial charge in [0.1, 0.15) is 0 Å². The first-order chi connectivity index (χ1) is 7.43. The summed E-state index contributed by atoms with van der Waals surface area (Å²) in [6, 6.07) is 6.98. The van der Waals surface area contributed by atoms with Gasteiger partial charge in [0, 0.05) is 12.1 Å². The SMILES string of the molecule is C[C@H](N)C(=O)N(C)[C@H](C)c1cccc(Cl)c1. The largest absolute Gasteiger partial charge is 0.338 e. The van der Waals surface area contributed by atoms with Gasteiger partial charge in [-0.2, -0.15) is 0 Å². The van der Waals surface area contributed by atoms with Gasteiger partial charge in [-0.05, 0) is 31.5 Å². The molecule has 1 aromatic carbocycles. The number of amides is 1. The highest BCUT2D eigenvalue weighted by molar-refractivity contribution is 6.30. The van der Waals surface area contributed by atoms with Gasteiger partial charge in [-0.25, -0.2) is 0 Å². The highest BCUT2D eigenvalue weighted by atomic mass is 35.5. The van der Waals surface area contributed by atoms with Crippen molar-refractivity contribution in [3.8, 4) is 0 Å².